The first kappa shape index (κ1) is 16.3. The summed E-state index contributed by atoms with van der Waals surface area (Å²) in [4.78, 5) is 0. The quantitative estimate of drug-likeness (QED) is 0.680. The molecule has 2 heteroatoms. The summed E-state index contributed by atoms with van der Waals surface area (Å²) < 4.78 is 5.73. The molecule has 0 spiro atoms. The SMILES string of the molecule is CCNCc1c(OC)cc(-c2ccccc2)cc1-c1ccccc1. The Morgan fingerprint density at radius 2 is 1.42 bits per heavy atom. The van der Waals surface area contributed by atoms with E-state index in [0.29, 0.717) is 0 Å². The number of benzene rings is 3. The van der Waals surface area contributed by atoms with Crippen molar-refractivity contribution < 1.29 is 4.74 Å². The predicted molar refractivity (Wildman–Crippen MR) is 101 cm³/mol. The maximum atomic E-state index is 5.73. The van der Waals surface area contributed by atoms with Crippen LogP contribution in [0.2, 0.25) is 0 Å². The third-order valence-electron chi connectivity index (χ3n) is 4.17. The van der Waals surface area contributed by atoms with Crippen LogP contribution in [0.3, 0.4) is 0 Å². The van der Waals surface area contributed by atoms with E-state index in [9.17, 15) is 0 Å². The second kappa shape index (κ2) is 7.80. The first-order chi connectivity index (χ1) is 11.8. The van der Waals surface area contributed by atoms with E-state index in [1.165, 1.54) is 27.8 Å². The molecule has 3 rings (SSSR count). The van der Waals surface area contributed by atoms with E-state index >= 15 is 0 Å². The molecule has 0 radical (unpaired) electrons. The number of hydrogen-bond donors (Lipinski definition) is 1. The van der Waals surface area contributed by atoms with Crippen LogP contribution in [-0.4, -0.2) is 13.7 Å². The van der Waals surface area contributed by atoms with Gasteiger partial charge >= 0.3 is 0 Å². The standard InChI is InChI=1S/C22H23NO/c1-3-23-16-21-20(18-12-8-5-9-13-18)14-19(15-22(21)24-2)17-10-6-4-7-11-17/h4-15,23H,3,16H2,1-2H3. The summed E-state index contributed by atoms with van der Waals surface area (Å²) in [5.74, 6) is 0.927. The Balaban J connectivity index is 2.18. The zero-order valence-electron chi connectivity index (χ0n) is 14.3. The molecule has 0 atom stereocenters. The topological polar surface area (TPSA) is 21.3 Å². The van der Waals surface area contributed by atoms with Crippen molar-refractivity contribution in [3.63, 3.8) is 0 Å². The number of methoxy groups -OCH3 is 1. The van der Waals surface area contributed by atoms with Gasteiger partial charge in [0.05, 0.1) is 7.11 Å². The van der Waals surface area contributed by atoms with E-state index in [-0.39, 0.29) is 0 Å². The number of nitrogens with one attached hydrogen (secondary N) is 1. The maximum absolute atomic E-state index is 5.73. The van der Waals surface area contributed by atoms with Crippen molar-refractivity contribution in [3.8, 4) is 28.0 Å². The van der Waals surface area contributed by atoms with Crippen LogP contribution >= 0.6 is 0 Å². The Morgan fingerprint density at radius 3 is 2.00 bits per heavy atom. The molecule has 0 heterocycles. The summed E-state index contributed by atoms with van der Waals surface area (Å²) in [5, 5.41) is 3.43. The van der Waals surface area contributed by atoms with Gasteiger partial charge in [-0.2, -0.15) is 0 Å². The number of ether oxygens (including phenoxy) is 1. The van der Waals surface area contributed by atoms with Crippen LogP contribution in [0.4, 0.5) is 0 Å². The van der Waals surface area contributed by atoms with Crippen LogP contribution in [0.1, 0.15) is 12.5 Å². The van der Waals surface area contributed by atoms with Crippen molar-refractivity contribution in [1.29, 1.82) is 0 Å². The highest BCUT2D eigenvalue weighted by molar-refractivity contribution is 5.78. The monoisotopic (exact) mass is 317 g/mol. The molecule has 0 amide bonds. The zero-order chi connectivity index (χ0) is 16.8. The lowest BCUT2D eigenvalue weighted by Gasteiger charge is -2.17. The summed E-state index contributed by atoms with van der Waals surface area (Å²) in [6.45, 7) is 3.84. The lowest BCUT2D eigenvalue weighted by molar-refractivity contribution is 0.408. The lowest BCUT2D eigenvalue weighted by Crippen LogP contribution is -2.13. The van der Waals surface area contributed by atoms with Gasteiger partial charge in [0.25, 0.3) is 0 Å². The van der Waals surface area contributed by atoms with E-state index in [1.807, 2.05) is 12.1 Å². The molecule has 0 unspecified atom stereocenters. The van der Waals surface area contributed by atoms with Gasteiger partial charge in [0.1, 0.15) is 5.75 Å². The number of hydrogen-bond acceptors (Lipinski definition) is 2. The van der Waals surface area contributed by atoms with Crippen LogP contribution in [0.15, 0.2) is 72.8 Å². The molecule has 0 aliphatic rings. The van der Waals surface area contributed by atoms with Crippen LogP contribution in [0, 0.1) is 0 Å². The molecule has 2 nitrogen and oxygen atoms in total. The van der Waals surface area contributed by atoms with Gasteiger partial charge in [-0.15, -0.1) is 0 Å². The highest BCUT2D eigenvalue weighted by atomic mass is 16.5. The van der Waals surface area contributed by atoms with Crippen molar-refractivity contribution in [2.24, 2.45) is 0 Å². The molecule has 0 aliphatic carbocycles. The van der Waals surface area contributed by atoms with Crippen molar-refractivity contribution in [2.75, 3.05) is 13.7 Å². The minimum absolute atomic E-state index is 0.791. The van der Waals surface area contributed by atoms with Crippen LogP contribution in [0.25, 0.3) is 22.3 Å². The molecule has 0 bridgehead atoms. The average Bonchev–Trinajstić information content (AvgIpc) is 2.67. The predicted octanol–water partition coefficient (Wildman–Crippen LogP) is 5.14. The molecule has 3 aromatic rings. The molecular weight excluding hydrogens is 294 g/mol. The third-order valence-corrected chi connectivity index (χ3v) is 4.17. The largest absolute Gasteiger partial charge is 0.496 e. The van der Waals surface area contributed by atoms with Crippen molar-refractivity contribution in [3.05, 3.63) is 78.4 Å². The van der Waals surface area contributed by atoms with Crippen LogP contribution in [0.5, 0.6) is 5.75 Å². The molecule has 1 N–H and O–H groups in total. The van der Waals surface area contributed by atoms with Gasteiger partial charge in [0.2, 0.25) is 0 Å². The van der Waals surface area contributed by atoms with Gasteiger partial charge < -0.3 is 10.1 Å². The molecule has 0 aliphatic heterocycles. The Bertz CT molecular complexity index is 782. The smallest absolute Gasteiger partial charge is 0.124 e. The van der Waals surface area contributed by atoms with E-state index < -0.39 is 0 Å². The second-order valence-electron chi connectivity index (χ2n) is 5.72. The second-order valence-corrected chi connectivity index (χ2v) is 5.72. The van der Waals surface area contributed by atoms with Crippen molar-refractivity contribution in [2.45, 2.75) is 13.5 Å². The maximum Gasteiger partial charge on any atom is 0.124 e. The Kier molecular flexibility index (Phi) is 5.29. The fraction of sp³-hybridized carbons (Fsp3) is 0.182. The molecule has 0 aromatic heterocycles. The summed E-state index contributed by atoms with van der Waals surface area (Å²) in [7, 11) is 1.74. The molecule has 0 saturated carbocycles. The van der Waals surface area contributed by atoms with Gasteiger partial charge in [-0.3, -0.25) is 0 Å². The minimum atomic E-state index is 0.791. The van der Waals surface area contributed by atoms with E-state index in [4.69, 9.17) is 4.74 Å². The van der Waals surface area contributed by atoms with Crippen LogP contribution in [-0.2, 0) is 6.54 Å². The third kappa shape index (κ3) is 3.50. The van der Waals surface area contributed by atoms with Crippen LogP contribution < -0.4 is 10.1 Å². The Labute approximate surface area is 144 Å². The van der Waals surface area contributed by atoms with Gasteiger partial charge in [-0.1, -0.05) is 67.6 Å². The minimum Gasteiger partial charge on any atom is -0.496 e. The van der Waals surface area contributed by atoms with Gasteiger partial charge in [0.15, 0.2) is 0 Å². The Morgan fingerprint density at radius 1 is 0.792 bits per heavy atom. The van der Waals surface area contributed by atoms with E-state index in [1.54, 1.807) is 7.11 Å². The van der Waals surface area contributed by atoms with E-state index in [2.05, 4.69) is 72.9 Å². The molecule has 122 valence electrons. The normalized spacial score (nSPS) is 10.6. The molecule has 24 heavy (non-hydrogen) atoms. The fourth-order valence-electron chi connectivity index (χ4n) is 2.93. The van der Waals surface area contributed by atoms with Gasteiger partial charge in [-0.25, -0.2) is 0 Å². The average molecular weight is 317 g/mol. The summed E-state index contributed by atoms with van der Waals surface area (Å²) >= 11 is 0. The van der Waals surface area contributed by atoms with Gasteiger partial charge in [0, 0.05) is 12.1 Å². The highest BCUT2D eigenvalue weighted by Crippen LogP contribution is 2.36. The highest BCUT2D eigenvalue weighted by Gasteiger charge is 2.14. The summed E-state index contributed by atoms with van der Waals surface area (Å²) in [5.41, 5.74) is 6.00. The molecule has 3 aromatic carbocycles. The lowest BCUT2D eigenvalue weighted by atomic mass is 9.93. The summed E-state index contributed by atoms with van der Waals surface area (Å²) in [6, 6.07) is 25.3. The van der Waals surface area contributed by atoms with Gasteiger partial charge in [-0.05, 0) is 40.9 Å². The van der Waals surface area contributed by atoms with E-state index in [0.717, 1.165) is 18.8 Å². The van der Waals surface area contributed by atoms with Crippen molar-refractivity contribution >= 4 is 0 Å². The number of rotatable bonds is 6. The van der Waals surface area contributed by atoms with Crippen molar-refractivity contribution in [1.82, 2.24) is 5.32 Å². The molecule has 0 saturated heterocycles. The first-order valence-electron chi connectivity index (χ1n) is 8.36. The Hall–Kier alpha value is -2.58. The molecular formula is C22H23NO. The zero-order valence-corrected chi connectivity index (χ0v) is 14.3. The first-order valence-corrected chi connectivity index (χ1v) is 8.36. The molecule has 0 fully saturated rings. The summed E-state index contributed by atoms with van der Waals surface area (Å²) in [6.07, 6.45) is 0. The fourth-order valence-corrected chi connectivity index (χ4v) is 2.93.